The summed E-state index contributed by atoms with van der Waals surface area (Å²) in [5.74, 6) is -0.573. The number of hydrogen-bond acceptors (Lipinski definition) is 5. The lowest BCUT2D eigenvalue weighted by Crippen LogP contribution is -2.07. The molecule has 3 aromatic rings. The minimum atomic E-state index is -0.948. The van der Waals surface area contributed by atoms with E-state index < -0.39 is 11.2 Å². The van der Waals surface area contributed by atoms with Crippen molar-refractivity contribution in [2.24, 2.45) is 0 Å². The Morgan fingerprint density at radius 2 is 1.64 bits per heavy atom. The first-order valence-electron chi connectivity index (χ1n) is 6.57. The van der Waals surface area contributed by atoms with Gasteiger partial charge in [0, 0.05) is 5.56 Å². The molecule has 0 unspecified atom stereocenters. The molecule has 0 spiro atoms. The lowest BCUT2D eigenvalue weighted by molar-refractivity contribution is -0.136. The molecule has 110 valence electrons. The lowest BCUT2D eigenvalue weighted by atomic mass is 10.1. The molecule has 1 atom stereocenters. The highest BCUT2D eigenvalue weighted by Crippen LogP contribution is 2.35. The number of nitrogens with zero attached hydrogens (tertiary/aromatic N) is 2. The molecule has 1 N–H and O–H groups in total. The van der Waals surface area contributed by atoms with E-state index in [9.17, 15) is 9.90 Å². The first-order chi connectivity index (χ1) is 10.7. The topological polar surface area (TPSA) is 76.2 Å². The summed E-state index contributed by atoms with van der Waals surface area (Å²) in [4.78, 5) is 11.5. The summed E-state index contributed by atoms with van der Waals surface area (Å²) in [6, 6.07) is 18.3. The maximum atomic E-state index is 11.5. The summed E-state index contributed by atoms with van der Waals surface area (Å²) in [5.41, 5.74) is 1.48. The van der Waals surface area contributed by atoms with Gasteiger partial charge >= 0.3 is 5.97 Å². The van der Waals surface area contributed by atoms with Gasteiger partial charge in [0.25, 0.3) is 5.22 Å². The molecule has 2 aromatic carbocycles. The molecule has 3 rings (SSSR count). The van der Waals surface area contributed by atoms with Crippen LogP contribution in [0.2, 0.25) is 0 Å². The van der Waals surface area contributed by atoms with Gasteiger partial charge in [0.05, 0.1) is 0 Å². The Morgan fingerprint density at radius 3 is 2.27 bits per heavy atom. The van der Waals surface area contributed by atoms with Crippen LogP contribution >= 0.6 is 11.8 Å². The zero-order valence-electron chi connectivity index (χ0n) is 11.4. The van der Waals surface area contributed by atoms with Gasteiger partial charge in [0.15, 0.2) is 0 Å². The number of carboxylic acid groups (broad SMARTS) is 1. The molecular formula is C16H12N2O3S. The van der Waals surface area contributed by atoms with Crippen LogP contribution in [0.5, 0.6) is 0 Å². The zero-order chi connectivity index (χ0) is 15.4. The molecule has 0 aliphatic rings. The van der Waals surface area contributed by atoms with Crippen LogP contribution in [0.4, 0.5) is 0 Å². The lowest BCUT2D eigenvalue weighted by Gasteiger charge is -2.09. The maximum Gasteiger partial charge on any atom is 0.321 e. The monoisotopic (exact) mass is 312 g/mol. The predicted molar refractivity (Wildman–Crippen MR) is 82.4 cm³/mol. The van der Waals surface area contributed by atoms with Gasteiger partial charge in [0.1, 0.15) is 5.25 Å². The van der Waals surface area contributed by atoms with E-state index in [1.54, 1.807) is 24.3 Å². The van der Waals surface area contributed by atoms with E-state index in [1.807, 2.05) is 36.4 Å². The molecule has 0 bridgehead atoms. The smallest absolute Gasteiger partial charge is 0.321 e. The minimum Gasteiger partial charge on any atom is -0.480 e. The van der Waals surface area contributed by atoms with Crippen LogP contribution in [0.15, 0.2) is 70.3 Å². The van der Waals surface area contributed by atoms with Crippen molar-refractivity contribution in [2.45, 2.75) is 10.5 Å². The van der Waals surface area contributed by atoms with Crippen LogP contribution < -0.4 is 0 Å². The van der Waals surface area contributed by atoms with Gasteiger partial charge in [-0.1, -0.05) is 48.5 Å². The molecule has 22 heavy (non-hydrogen) atoms. The highest BCUT2D eigenvalue weighted by molar-refractivity contribution is 8.00. The van der Waals surface area contributed by atoms with Gasteiger partial charge < -0.3 is 9.52 Å². The largest absolute Gasteiger partial charge is 0.480 e. The van der Waals surface area contributed by atoms with E-state index in [4.69, 9.17) is 4.42 Å². The fraction of sp³-hybridized carbons (Fsp3) is 0.0625. The molecule has 0 amide bonds. The number of rotatable bonds is 5. The predicted octanol–water partition coefficient (Wildman–Crippen LogP) is 3.65. The van der Waals surface area contributed by atoms with Crippen LogP contribution in [0.1, 0.15) is 10.8 Å². The summed E-state index contributed by atoms with van der Waals surface area (Å²) in [6.45, 7) is 0. The molecule has 0 fully saturated rings. The second kappa shape index (κ2) is 6.44. The van der Waals surface area contributed by atoms with E-state index in [2.05, 4.69) is 10.2 Å². The number of aliphatic carboxylic acids is 1. The van der Waals surface area contributed by atoms with Crippen molar-refractivity contribution in [3.8, 4) is 11.5 Å². The second-order valence-corrected chi connectivity index (χ2v) is 5.54. The van der Waals surface area contributed by atoms with Crippen molar-refractivity contribution >= 4 is 17.7 Å². The normalized spacial score (nSPS) is 12.0. The Morgan fingerprint density at radius 1 is 1.00 bits per heavy atom. The number of hydrogen-bond donors (Lipinski definition) is 1. The molecule has 0 saturated carbocycles. The van der Waals surface area contributed by atoms with Crippen molar-refractivity contribution < 1.29 is 14.3 Å². The summed E-state index contributed by atoms with van der Waals surface area (Å²) < 4.78 is 5.55. The Balaban J connectivity index is 1.83. The number of carbonyl (C=O) groups is 1. The highest BCUT2D eigenvalue weighted by atomic mass is 32.2. The van der Waals surface area contributed by atoms with Crippen LogP contribution in [-0.4, -0.2) is 21.3 Å². The van der Waals surface area contributed by atoms with Gasteiger partial charge in [-0.3, -0.25) is 4.79 Å². The quantitative estimate of drug-likeness (QED) is 0.725. The molecule has 6 heteroatoms. The van der Waals surface area contributed by atoms with Crippen molar-refractivity contribution in [3.05, 3.63) is 66.2 Å². The van der Waals surface area contributed by atoms with Gasteiger partial charge in [-0.05, 0) is 29.5 Å². The third-order valence-corrected chi connectivity index (χ3v) is 4.05. The van der Waals surface area contributed by atoms with Crippen LogP contribution in [0.3, 0.4) is 0 Å². The van der Waals surface area contributed by atoms with Gasteiger partial charge in [-0.25, -0.2) is 0 Å². The Hall–Kier alpha value is -2.60. The van der Waals surface area contributed by atoms with Crippen molar-refractivity contribution in [3.63, 3.8) is 0 Å². The van der Waals surface area contributed by atoms with E-state index in [-0.39, 0.29) is 5.22 Å². The van der Waals surface area contributed by atoms with Crippen LogP contribution in [0, 0.1) is 0 Å². The molecule has 0 saturated heterocycles. The summed E-state index contributed by atoms with van der Waals surface area (Å²) >= 11 is 1.03. The van der Waals surface area contributed by atoms with Crippen molar-refractivity contribution in [1.82, 2.24) is 10.2 Å². The first kappa shape index (κ1) is 14.3. The number of carboxylic acids is 1. The summed E-state index contributed by atoms with van der Waals surface area (Å²) in [5, 5.41) is 16.7. The van der Waals surface area contributed by atoms with E-state index in [0.29, 0.717) is 11.5 Å². The summed E-state index contributed by atoms with van der Waals surface area (Å²) in [6.07, 6.45) is 0. The van der Waals surface area contributed by atoms with E-state index in [1.165, 1.54) is 0 Å². The van der Waals surface area contributed by atoms with Gasteiger partial charge in [-0.15, -0.1) is 10.2 Å². The Labute approximate surface area is 131 Å². The van der Waals surface area contributed by atoms with Gasteiger partial charge in [0.2, 0.25) is 5.89 Å². The van der Waals surface area contributed by atoms with Crippen LogP contribution in [-0.2, 0) is 4.79 Å². The Bertz CT molecular complexity index is 759. The van der Waals surface area contributed by atoms with Gasteiger partial charge in [-0.2, -0.15) is 0 Å². The average Bonchev–Trinajstić information content (AvgIpc) is 3.03. The third kappa shape index (κ3) is 3.17. The molecular weight excluding hydrogens is 300 g/mol. The van der Waals surface area contributed by atoms with Crippen LogP contribution in [0.25, 0.3) is 11.5 Å². The third-order valence-electron chi connectivity index (χ3n) is 2.97. The fourth-order valence-electron chi connectivity index (χ4n) is 1.94. The SMILES string of the molecule is O=C(O)[C@H](Sc1nnc(-c2ccccc2)o1)c1ccccc1. The van der Waals surface area contributed by atoms with E-state index in [0.717, 1.165) is 17.3 Å². The van der Waals surface area contributed by atoms with Crippen molar-refractivity contribution in [2.75, 3.05) is 0 Å². The minimum absolute atomic E-state index is 0.232. The zero-order valence-corrected chi connectivity index (χ0v) is 12.2. The molecule has 1 heterocycles. The standard InChI is InChI=1S/C16H12N2O3S/c19-15(20)13(11-7-3-1-4-8-11)22-16-18-17-14(21-16)12-9-5-2-6-10-12/h1-10,13H,(H,19,20)/t13-/m1/s1. The summed E-state index contributed by atoms with van der Waals surface area (Å²) in [7, 11) is 0. The molecule has 0 aliphatic carbocycles. The average molecular weight is 312 g/mol. The molecule has 1 aromatic heterocycles. The van der Waals surface area contributed by atoms with Crippen molar-refractivity contribution in [1.29, 1.82) is 0 Å². The first-order valence-corrected chi connectivity index (χ1v) is 7.45. The second-order valence-electron chi connectivity index (χ2n) is 4.49. The van der Waals surface area contributed by atoms with E-state index >= 15 is 0 Å². The highest BCUT2D eigenvalue weighted by Gasteiger charge is 2.24. The molecule has 5 nitrogen and oxygen atoms in total. The fourth-order valence-corrected chi connectivity index (χ4v) is 2.76. The number of benzene rings is 2. The molecule has 0 radical (unpaired) electrons. The molecule has 0 aliphatic heterocycles. The maximum absolute atomic E-state index is 11.5. The number of aromatic nitrogens is 2. The Kier molecular flexibility index (Phi) is 4.20. The number of thioether (sulfide) groups is 1.